The van der Waals surface area contributed by atoms with Crippen molar-refractivity contribution in [2.75, 3.05) is 5.43 Å². The number of nitrogens with two attached hydrogens (primary N) is 1. The number of hydrogen-bond donors (Lipinski definition) is 2. The van der Waals surface area contributed by atoms with Gasteiger partial charge in [-0.25, -0.2) is 15.8 Å². The number of pyridine rings is 1. The van der Waals surface area contributed by atoms with E-state index in [4.69, 9.17) is 10.6 Å². The van der Waals surface area contributed by atoms with Crippen LogP contribution in [0, 0.1) is 6.92 Å². The second kappa shape index (κ2) is 5.10. The minimum absolute atomic E-state index is 0.449. The summed E-state index contributed by atoms with van der Waals surface area (Å²) < 4.78 is 5.75. The number of nitrogens with one attached hydrogen (secondary N) is 1. The molecule has 3 rings (SSSR count). The molecule has 0 aliphatic carbocycles. The van der Waals surface area contributed by atoms with Gasteiger partial charge in [-0.2, -0.15) is 0 Å². The summed E-state index contributed by atoms with van der Waals surface area (Å²) in [4.78, 5) is 12.5. The van der Waals surface area contributed by atoms with Crippen molar-refractivity contribution in [1.82, 2.24) is 15.0 Å². The molecule has 0 fully saturated rings. The molecule has 3 N–H and O–H groups in total. The first kappa shape index (κ1) is 12.3. The van der Waals surface area contributed by atoms with E-state index in [2.05, 4.69) is 20.4 Å². The first-order valence-corrected chi connectivity index (χ1v) is 6.09. The number of fused-ring (bicyclic) bond motifs is 1. The summed E-state index contributed by atoms with van der Waals surface area (Å²) in [5.74, 6) is 6.98. The van der Waals surface area contributed by atoms with Crippen molar-refractivity contribution < 1.29 is 4.74 Å². The smallest absolute Gasteiger partial charge is 0.227 e. The fourth-order valence-electron chi connectivity index (χ4n) is 1.90. The van der Waals surface area contributed by atoms with E-state index in [9.17, 15) is 0 Å². The van der Waals surface area contributed by atoms with E-state index in [1.807, 2.05) is 37.3 Å². The Labute approximate surface area is 115 Å². The maximum Gasteiger partial charge on any atom is 0.227 e. The van der Waals surface area contributed by atoms with Crippen molar-refractivity contribution in [3.05, 3.63) is 48.4 Å². The van der Waals surface area contributed by atoms with Gasteiger partial charge in [0.2, 0.25) is 5.88 Å². The highest BCUT2D eigenvalue weighted by Crippen LogP contribution is 2.26. The van der Waals surface area contributed by atoms with Gasteiger partial charge in [0.1, 0.15) is 17.9 Å². The number of anilines is 1. The topological polar surface area (TPSA) is 86.0 Å². The summed E-state index contributed by atoms with van der Waals surface area (Å²) >= 11 is 0. The van der Waals surface area contributed by atoms with Gasteiger partial charge in [0.05, 0.1) is 17.3 Å². The number of benzene rings is 1. The normalized spacial score (nSPS) is 10.5. The molecule has 2 aromatic heterocycles. The van der Waals surface area contributed by atoms with Gasteiger partial charge in [0, 0.05) is 5.39 Å². The number of rotatable bonds is 3. The predicted octanol–water partition coefficient (Wildman–Crippen LogP) is 2.41. The summed E-state index contributed by atoms with van der Waals surface area (Å²) in [7, 11) is 0. The van der Waals surface area contributed by atoms with Crippen molar-refractivity contribution in [2.24, 2.45) is 5.84 Å². The summed E-state index contributed by atoms with van der Waals surface area (Å²) in [6.45, 7) is 1.83. The van der Waals surface area contributed by atoms with Crippen molar-refractivity contribution in [1.29, 1.82) is 0 Å². The average molecular weight is 267 g/mol. The molecule has 0 saturated carbocycles. The zero-order valence-electron chi connectivity index (χ0n) is 10.9. The molecule has 6 nitrogen and oxygen atoms in total. The molecule has 0 spiro atoms. The number of nitrogens with zero attached hydrogens (tertiary/aromatic N) is 3. The van der Waals surface area contributed by atoms with Crippen LogP contribution in [0.5, 0.6) is 11.6 Å². The van der Waals surface area contributed by atoms with Crippen LogP contribution >= 0.6 is 0 Å². The zero-order chi connectivity index (χ0) is 13.9. The molecule has 0 bridgehead atoms. The fourth-order valence-corrected chi connectivity index (χ4v) is 1.90. The first-order valence-electron chi connectivity index (χ1n) is 6.09. The van der Waals surface area contributed by atoms with E-state index >= 15 is 0 Å². The highest BCUT2D eigenvalue weighted by atomic mass is 16.5. The lowest BCUT2D eigenvalue weighted by Crippen LogP contribution is -2.11. The third-order valence-electron chi connectivity index (χ3n) is 2.95. The Hall–Kier alpha value is -2.73. The summed E-state index contributed by atoms with van der Waals surface area (Å²) in [6.07, 6.45) is 3.06. The first-order chi connectivity index (χ1) is 9.78. The number of nitrogen functional groups attached to an aromatic ring is 1. The fraction of sp³-hybridized carbons (Fsp3) is 0.0714. The van der Waals surface area contributed by atoms with Crippen LogP contribution in [0.2, 0.25) is 0 Å². The second-order valence-corrected chi connectivity index (χ2v) is 4.26. The lowest BCUT2D eigenvalue weighted by atomic mass is 10.2. The number of ether oxygens (including phenoxy) is 1. The Morgan fingerprint density at radius 3 is 2.85 bits per heavy atom. The number of aromatic nitrogens is 3. The van der Waals surface area contributed by atoms with Crippen LogP contribution in [-0.4, -0.2) is 15.0 Å². The van der Waals surface area contributed by atoms with Gasteiger partial charge in [-0.1, -0.05) is 18.2 Å². The zero-order valence-corrected chi connectivity index (χ0v) is 10.9. The Morgan fingerprint density at radius 1 is 1.15 bits per heavy atom. The molecular formula is C14H13N5O. The lowest BCUT2D eigenvalue weighted by Gasteiger charge is -2.10. The molecule has 0 aliphatic heterocycles. The number of para-hydroxylation sites is 1. The van der Waals surface area contributed by atoms with Crippen LogP contribution in [0.1, 0.15) is 5.56 Å². The van der Waals surface area contributed by atoms with Gasteiger partial charge in [0.25, 0.3) is 0 Å². The standard InChI is InChI=1S/C14H13N5O/c1-9-13(19-15)17-8-18-14(9)20-11-6-10-4-2-3-5-12(10)16-7-11/h2-8H,15H2,1H3,(H,17,18,19). The van der Waals surface area contributed by atoms with Gasteiger partial charge < -0.3 is 10.2 Å². The number of hydrogen-bond acceptors (Lipinski definition) is 6. The van der Waals surface area contributed by atoms with Crippen LogP contribution < -0.4 is 16.0 Å². The van der Waals surface area contributed by atoms with E-state index in [-0.39, 0.29) is 0 Å². The Balaban J connectivity index is 1.97. The van der Waals surface area contributed by atoms with Gasteiger partial charge in [-0.05, 0) is 19.1 Å². The third-order valence-corrected chi connectivity index (χ3v) is 2.95. The molecular weight excluding hydrogens is 254 g/mol. The van der Waals surface area contributed by atoms with E-state index in [1.165, 1.54) is 6.33 Å². The molecule has 3 aromatic rings. The molecule has 100 valence electrons. The maximum absolute atomic E-state index is 5.75. The second-order valence-electron chi connectivity index (χ2n) is 4.26. The third kappa shape index (κ3) is 2.24. The average Bonchev–Trinajstić information content (AvgIpc) is 2.49. The SMILES string of the molecule is Cc1c(NN)ncnc1Oc1cnc2ccccc2c1. The molecule has 0 saturated heterocycles. The highest BCUT2D eigenvalue weighted by Gasteiger charge is 2.08. The quantitative estimate of drug-likeness (QED) is 0.560. The van der Waals surface area contributed by atoms with E-state index in [0.29, 0.717) is 17.4 Å². The van der Waals surface area contributed by atoms with E-state index in [0.717, 1.165) is 16.5 Å². The Bertz CT molecular complexity index is 759. The molecule has 2 heterocycles. The Morgan fingerprint density at radius 2 is 2.00 bits per heavy atom. The Kier molecular flexibility index (Phi) is 3.14. The van der Waals surface area contributed by atoms with Crippen molar-refractivity contribution in [3.63, 3.8) is 0 Å². The van der Waals surface area contributed by atoms with Gasteiger partial charge >= 0.3 is 0 Å². The van der Waals surface area contributed by atoms with Crippen LogP contribution in [0.15, 0.2) is 42.9 Å². The van der Waals surface area contributed by atoms with Crippen LogP contribution in [-0.2, 0) is 0 Å². The van der Waals surface area contributed by atoms with E-state index in [1.54, 1.807) is 6.20 Å². The molecule has 0 radical (unpaired) electrons. The monoisotopic (exact) mass is 267 g/mol. The molecule has 0 aliphatic rings. The van der Waals surface area contributed by atoms with Crippen molar-refractivity contribution in [3.8, 4) is 11.6 Å². The molecule has 0 unspecified atom stereocenters. The molecule has 20 heavy (non-hydrogen) atoms. The molecule has 6 heteroatoms. The predicted molar refractivity (Wildman–Crippen MR) is 76.4 cm³/mol. The summed E-state index contributed by atoms with van der Waals surface area (Å²) in [5.41, 5.74) is 4.16. The largest absolute Gasteiger partial charge is 0.437 e. The van der Waals surface area contributed by atoms with Crippen molar-refractivity contribution >= 4 is 16.7 Å². The van der Waals surface area contributed by atoms with E-state index < -0.39 is 0 Å². The van der Waals surface area contributed by atoms with Gasteiger partial charge in [-0.3, -0.25) is 4.98 Å². The number of hydrazine groups is 1. The molecule has 0 amide bonds. The van der Waals surface area contributed by atoms with Crippen LogP contribution in [0.25, 0.3) is 10.9 Å². The minimum Gasteiger partial charge on any atom is -0.437 e. The maximum atomic E-state index is 5.75. The summed E-state index contributed by atoms with van der Waals surface area (Å²) in [6, 6.07) is 9.75. The molecule has 0 atom stereocenters. The lowest BCUT2D eigenvalue weighted by molar-refractivity contribution is 0.456. The van der Waals surface area contributed by atoms with Crippen molar-refractivity contribution in [2.45, 2.75) is 6.92 Å². The summed E-state index contributed by atoms with van der Waals surface area (Å²) in [5, 5.41) is 1.01. The highest BCUT2D eigenvalue weighted by molar-refractivity contribution is 5.79. The van der Waals surface area contributed by atoms with Crippen LogP contribution in [0.4, 0.5) is 5.82 Å². The minimum atomic E-state index is 0.449. The van der Waals surface area contributed by atoms with Gasteiger partial charge in [-0.15, -0.1) is 0 Å². The molecule has 1 aromatic carbocycles. The van der Waals surface area contributed by atoms with Crippen LogP contribution in [0.3, 0.4) is 0 Å². The van der Waals surface area contributed by atoms with Gasteiger partial charge in [0.15, 0.2) is 0 Å².